The number of sulfonamides is 1. The molecule has 0 spiro atoms. The smallest absolute Gasteiger partial charge is 0.244 e. The number of Topliss-reactive ketones (excluding diaryl/α,β-unsaturated/α-hetero) is 1. The van der Waals surface area contributed by atoms with E-state index in [9.17, 15) is 13.2 Å². The summed E-state index contributed by atoms with van der Waals surface area (Å²) in [5.41, 5.74) is 2.72. The number of rotatable bonds is 8. The second kappa shape index (κ2) is 8.79. The Kier molecular flexibility index (Phi) is 6.97. The van der Waals surface area contributed by atoms with Crippen LogP contribution in [0.5, 0.6) is 0 Å². The molecule has 1 heterocycles. The minimum Gasteiger partial charge on any atom is -0.293 e. The fourth-order valence-corrected chi connectivity index (χ4v) is 4.70. The molecule has 0 N–H and O–H groups in total. The lowest BCUT2D eigenvalue weighted by atomic mass is 10.0. The van der Waals surface area contributed by atoms with Gasteiger partial charge in [-0.25, -0.2) is 13.4 Å². The minimum absolute atomic E-state index is 0.0397. The Morgan fingerprint density at radius 3 is 2.38 bits per heavy atom. The van der Waals surface area contributed by atoms with E-state index in [1.165, 1.54) is 22.3 Å². The summed E-state index contributed by atoms with van der Waals surface area (Å²) in [6.45, 7) is 8.32. The first-order valence-corrected chi connectivity index (χ1v) is 10.9. The zero-order valence-electron chi connectivity index (χ0n) is 15.5. The zero-order valence-corrected chi connectivity index (χ0v) is 17.2. The average molecular weight is 393 g/mol. The van der Waals surface area contributed by atoms with Crippen molar-refractivity contribution in [3.63, 3.8) is 0 Å². The Labute approximate surface area is 159 Å². The van der Waals surface area contributed by atoms with Gasteiger partial charge in [-0.1, -0.05) is 43.3 Å². The van der Waals surface area contributed by atoms with Gasteiger partial charge in [0.15, 0.2) is 5.78 Å². The summed E-state index contributed by atoms with van der Waals surface area (Å²) in [6, 6.07) is 9.02. The Balaban J connectivity index is 2.08. The van der Waals surface area contributed by atoms with Crippen LogP contribution in [0.15, 0.2) is 46.5 Å². The monoisotopic (exact) mass is 392 g/mol. The van der Waals surface area contributed by atoms with Gasteiger partial charge < -0.3 is 0 Å². The molecule has 0 radical (unpaired) electrons. The average Bonchev–Trinajstić information content (AvgIpc) is 2.63. The van der Waals surface area contributed by atoms with Crippen LogP contribution in [0.3, 0.4) is 0 Å². The normalized spacial score (nSPS) is 11.7. The van der Waals surface area contributed by atoms with Crippen molar-refractivity contribution in [3.8, 4) is 0 Å². The molecule has 0 aliphatic carbocycles. The number of carbonyl (C=O) groups excluding carboxylic acids is 1. The lowest BCUT2D eigenvalue weighted by Crippen LogP contribution is -2.30. The number of benzene rings is 1. The van der Waals surface area contributed by atoms with Crippen molar-refractivity contribution >= 4 is 27.6 Å². The second-order valence-electron chi connectivity index (χ2n) is 5.95. The van der Waals surface area contributed by atoms with Crippen molar-refractivity contribution in [2.24, 2.45) is 0 Å². The summed E-state index contributed by atoms with van der Waals surface area (Å²) in [7, 11) is -3.51. The summed E-state index contributed by atoms with van der Waals surface area (Å²) in [4.78, 5) is 16.8. The van der Waals surface area contributed by atoms with Crippen molar-refractivity contribution < 1.29 is 13.2 Å². The van der Waals surface area contributed by atoms with Gasteiger partial charge in [-0.3, -0.25) is 4.79 Å². The number of thioether (sulfide) groups is 1. The third-order valence-electron chi connectivity index (χ3n) is 4.10. The van der Waals surface area contributed by atoms with Gasteiger partial charge in [0.25, 0.3) is 0 Å². The van der Waals surface area contributed by atoms with E-state index in [1.807, 2.05) is 32.0 Å². The van der Waals surface area contributed by atoms with Gasteiger partial charge in [0.1, 0.15) is 4.90 Å². The van der Waals surface area contributed by atoms with Gasteiger partial charge in [0, 0.05) is 24.8 Å². The number of hydrogen-bond donors (Lipinski definition) is 0. The van der Waals surface area contributed by atoms with Crippen LogP contribution in [0.25, 0.3) is 0 Å². The maximum atomic E-state index is 12.5. The molecule has 2 rings (SSSR count). The molecule has 0 aliphatic rings. The Morgan fingerprint density at radius 2 is 1.81 bits per heavy atom. The summed E-state index contributed by atoms with van der Waals surface area (Å²) in [5, 5.41) is 0.627. The predicted octanol–water partition coefficient (Wildman–Crippen LogP) is 3.70. The van der Waals surface area contributed by atoms with E-state index in [4.69, 9.17) is 0 Å². The van der Waals surface area contributed by atoms with Crippen LogP contribution in [0.1, 0.15) is 35.3 Å². The van der Waals surface area contributed by atoms with Crippen LogP contribution < -0.4 is 0 Å². The first-order valence-electron chi connectivity index (χ1n) is 8.49. The lowest BCUT2D eigenvalue weighted by Gasteiger charge is -2.18. The van der Waals surface area contributed by atoms with E-state index in [-0.39, 0.29) is 16.4 Å². The highest BCUT2D eigenvalue weighted by molar-refractivity contribution is 7.99. The molecule has 5 nitrogen and oxygen atoms in total. The van der Waals surface area contributed by atoms with E-state index >= 15 is 0 Å². The molecule has 0 unspecified atom stereocenters. The molecule has 2 aromatic rings. The van der Waals surface area contributed by atoms with Gasteiger partial charge in [-0.05, 0) is 37.6 Å². The third-order valence-corrected chi connectivity index (χ3v) is 7.07. The predicted molar refractivity (Wildman–Crippen MR) is 105 cm³/mol. The number of nitrogens with zero attached hydrogens (tertiary/aromatic N) is 2. The number of ketones is 1. The molecule has 0 fully saturated rings. The van der Waals surface area contributed by atoms with Gasteiger partial charge in [0.2, 0.25) is 10.0 Å². The molecule has 0 saturated heterocycles. The fourth-order valence-electron chi connectivity index (χ4n) is 2.57. The number of aromatic nitrogens is 1. The van der Waals surface area contributed by atoms with Crippen LogP contribution in [0.4, 0.5) is 0 Å². The van der Waals surface area contributed by atoms with Gasteiger partial charge in [-0.15, -0.1) is 0 Å². The maximum Gasteiger partial charge on any atom is 0.244 e. The minimum atomic E-state index is -3.51. The molecule has 0 aliphatic heterocycles. The molecular weight excluding hydrogens is 368 g/mol. The third kappa shape index (κ3) is 4.72. The SMILES string of the molecule is CCN(CC)S(=O)(=O)c1ccc(SCC(=O)c2cc(C)ccc2C)nc1. The highest BCUT2D eigenvalue weighted by Gasteiger charge is 2.21. The highest BCUT2D eigenvalue weighted by Crippen LogP contribution is 2.21. The van der Waals surface area contributed by atoms with E-state index in [0.29, 0.717) is 18.1 Å². The standard InChI is InChI=1S/C19H24N2O3S2/c1-5-21(6-2)26(23,24)16-9-10-19(20-12-16)25-13-18(22)17-11-14(3)7-8-15(17)4/h7-12H,5-6,13H2,1-4H3. The second-order valence-corrected chi connectivity index (χ2v) is 8.89. The van der Waals surface area contributed by atoms with Gasteiger partial charge >= 0.3 is 0 Å². The number of aryl methyl sites for hydroxylation is 2. The lowest BCUT2D eigenvalue weighted by molar-refractivity contribution is 0.102. The zero-order chi connectivity index (χ0) is 19.3. The molecular formula is C19H24N2O3S2. The van der Waals surface area contributed by atoms with Crippen LogP contribution in [-0.2, 0) is 10.0 Å². The number of carbonyl (C=O) groups is 1. The van der Waals surface area contributed by atoms with E-state index in [1.54, 1.807) is 26.0 Å². The fraction of sp³-hybridized carbons (Fsp3) is 0.368. The van der Waals surface area contributed by atoms with E-state index in [0.717, 1.165) is 16.7 Å². The topological polar surface area (TPSA) is 67.3 Å². The quantitative estimate of drug-likeness (QED) is 0.506. The van der Waals surface area contributed by atoms with Crippen LogP contribution >= 0.6 is 11.8 Å². The molecule has 1 aromatic carbocycles. The molecule has 1 aromatic heterocycles. The first kappa shape index (κ1) is 20.6. The Bertz CT molecular complexity index is 874. The first-order chi connectivity index (χ1) is 12.3. The van der Waals surface area contributed by atoms with Crippen molar-refractivity contribution in [1.82, 2.24) is 9.29 Å². The van der Waals surface area contributed by atoms with Crippen molar-refractivity contribution in [2.75, 3.05) is 18.8 Å². The summed E-state index contributed by atoms with van der Waals surface area (Å²) in [5.74, 6) is 0.303. The molecule has 140 valence electrons. The molecule has 26 heavy (non-hydrogen) atoms. The molecule has 0 atom stereocenters. The Hall–Kier alpha value is -1.70. The highest BCUT2D eigenvalue weighted by atomic mass is 32.2. The maximum absolute atomic E-state index is 12.5. The van der Waals surface area contributed by atoms with Crippen molar-refractivity contribution in [2.45, 2.75) is 37.6 Å². The van der Waals surface area contributed by atoms with Gasteiger partial charge in [0.05, 0.1) is 10.8 Å². The summed E-state index contributed by atoms with van der Waals surface area (Å²) >= 11 is 1.31. The number of hydrogen-bond acceptors (Lipinski definition) is 5. The molecule has 0 amide bonds. The number of pyridine rings is 1. The summed E-state index contributed by atoms with van der Waals surface area (Å²) < 4.78 is 26.3. The largest absolute Gasteiger partial charge is 0.293 e. The van der Waals surface area contributed by atoms with E-state index in [2.05, 4.69) is 4.98 Å². The molecule has 0 bridgehead atoms. The van der Waals surface area contributed by atoms with Crippen molar-refractivity contribution in [3.05, 3.63) is 53.2 Å². The molecule has 0 saturated carbocycles. The van der Waals surface area contributed by atoms with Crippen LogP contribution in [-0.4, -0.2) is 42.3 Å². The van der Waals surface area contributed by atoms with Crippen molar-refractivity contribution in [1.29, 1.82) is 0 Å². The van der Waals surface area contributed by atoms with Gasteiger partial charge in [-0.2, -0.15) is 4.31 Å². The van der Waals surface area contributed by atoms with Crippen LogP contribution in [0, 0.1) is 13.8 Å². The molecule has 7 heteroatoms. The van der Waals surface area contributed by atoms with Crippen LogP contribution in [0.2, 0.25) is 0 Å². The summed E-state index contributed by atoms with van der Waals surface area (Å²) in [6.07, 6.45) is 1.36. The Morgan fingerprint density at radius 1 is 1.12 bits per heavy atom. The van der Waals surface area contributed by atoms with E-state index < -0.39 is 10.0 Å².